The van der Waals surface area contributed by atoms with Crippen LogP contribution in [0, 0.1) is 0 Å². The number of halogens is 3. The van der Waals surface area contributed by atoms with Gasteiger partial charge in [-0.05, 0) is 18.2 Å². The minimum absolute atomic E-state index is 0.000617. The second kappa shape index (κ2) is 8.37. The van der Waals surface area contributed by atoms with Gasteiger partial charge >= 0.3 is 6.18 Å². The van der Waals surface area contributed by atoms with E-state index in [4.69, 9.17) is 9.15 Å². The van der Waals surface area contributed by atoms with Gasteiger partial charge in [-0.2, -0.15) is 13.2 Å². The molecule has 0 aliphatic carbocycles. The van der Waals surface area contributed by atoms with E-state index >= 15 is 0 Å². The van der Waals surface area contributed by atoms with Crippen LogP contribution < -0.4 is 15.4 Å². The number of nitrogens with zero attached hydrogens (tertiary/aromatic N) is 1. The fourth-order valence-corrected chi connectivity index (χ4v) is 1.89. The Morgan fingerprint density at radius 3 is 2.65 bits per heavy atom. The van der Waals surface area contributed by atoms with E-state index in [0.717, 1.165) is 18.4 Å². The molecule has 0 aliphatic rings. The Morgan fingerprint density at radius 1 is 1.23 bits per heavy atom. The Kier molecular flexibility index (Phi) is 6.21. The van der Waals surface area contributed by atoms with Gasteiger partial charge in [-0.25, -0.2) is 4.98 Å². The Balaban J connectivity index is 1.86. The second-order valence-electron chi connectivity index (χ2n) is 5.18. The van der Waals surface area contributed by atoms with Crippen LogP contribution in [-0.2, 0) is 17.6 Å². The van der Waals surface area contributed by atoms with E-state index in [0.29, 0.717) is 0 Å². The largest absolute Gasteiger partial charge is 0.484 e. The zero-order valence-electron chi connectivity index (χ0n) is 13.7. The Bertz CT molecular complexity index is 774. The maximum Gasteiger partial charge on any atom is 0.416 e. The molecule has 0 aliphatic heterocycles. The predicted octanol–water partition coefficient (Wildman–Crippen LogP) is 2.14. The van der Waals surface area contributed by atoms with Crippen molar-refractivity contribution in [1.29, 1.82) is 0 Å². The van der Waals surface area contributed by atoms with E-state index in [9.17, 15) is 22.8 Å². The van der Waals surface area contributed by atoms with E-state index < -0.39 is 17.6 Å². The molecule has 0 fully saturated rings. The number of oxazole rings is 1. The Labute approximate surface area is 146 Å². The van der Waals surface area contributed by atoms with Gasteiger partial charge in [0, 0.05) is 20.0 Å². The van der Waals surface area contributed by atoms with Gasteiger partial charge in [0.05, 0.1) is 5.56 Å². The van der Waals surface area contributed by atoms with Crippen molar-refractivity contribution in [2.24, 2.45) is 0 Å². The predicted molar refractivity (Wildman–Crippen MR) is 83.3 cm³/mol. The van der Waals surface area contributed by atoms with E-state index in [1.165, 1.54) is 19.1 Å². The Hall–Kier alpha value is -3.04. The second-order valence-corrected chi connectivity index (χ2v) is 5.18. The lowest BCUT2D eigenvalue weighted by atomic mass is 10.2. The molecule has 0 unspecified atom stereocenters. The lowest BCUT2D eigenvalue weighted by Crippen LogP contribution is -2.33. The highest BCUT2D eigenvalue weighted by atomic mass is 19.4. The molecule has 0 atom stereocenters. The highest BCUT2D eigenvalue weighted by molar-refractivity contribution is 5.91. The number of carbonyl (C=O) groups excluding carboxylic acids is 2. The van der Waals surface area contributed by atoms with Crippen LogP contribution in [0.2, 0.25) is 0 Å². The summed E-state index contributed by atoms with van der Waals surface area (Å²) < 4.78 is 48.2. The molecule has 0 radical (unpaired) electrons. The number of hydrogen-bond acceptors (Lipinski definition) is 5. The smallest absolute Gasteiger partial charge is 0.416 e. The van der Waals surface area contributed by atoms with Gasteiger partial charge < -0.3 is 19.8 Å². The number of amides is 2. The molecule has 2 aromatic rings. The zero-order chi connectivity index (χ0) is 19.2. The van der Waals surface area contributed by atoms with Crippen LogP contribution in [0.1, 0.15) is 28.9 Å². The first-order valence-corrected chi connectivity index (χ1v) is 7.53. The molecule has 2 rings (SSSR count). The molecule has 2 amide bonds. The molecular formula is C16H16F3N3O4. The van der Waals surface area contributed by atoms with Crippen LogP contribution >= 0.6 is 0 Å². The molecule has 26 heavy (non-hydrogen) atoms. The molecule has 1 heterocycles. The van der Waals surface area contributed by atoms with Crippen molar-refractivity contribution < 1.29 is 31.9 Å². The van der Waals surface area contributed by atoms with Gasteiger partial charge in [0.1, 0.15) is 12.0 Å². The third-order valence-electron chi connectivity index (χ3n) is 3.09. The van der Waals surface area contributed by atoms with Crippen molar-refractivity contribution in [3.05, 3.63) is 47.7 Å². The summed E-state index contributed by atoms with van der Waals surface area (Å²) in [7, 11) is 0. The summed E-state index contributed by atoms with van der Waals surface area (Å²) in [5, 5.41) is 5.04. The van der Waals surface area contributed by atoms with Gasteiger partial charge in [-0.3, -0.25) is 9.59 Å². The molecule has 0 spiro atoms. The van der Waals surface area contributed by atoms with E-state index in [2.05, 4.69) is 15.6 Å². The maximum atomic E-state index is 12.6. The van der Waals surface area contributed by atoms with Crippen LogP contribution in [0.5, 0.6) is 5.75 Å². The molecule has 7 nitrogen and oxygen atoms in total. The summed E-state index contributed by atoms with van der Waals surface area (Å²) in [5.74, 6) is -0.687. The molecule has 1 aromatic carbocycles. The van der Waals surface area contributed by atoms with Gasteiger partial charge in [-0.15, -0.1) is 0 Å². The Morgan fingerprint density at radius 2 is 1.96 bits per heavy atom. The van der Waals surface area contributed by atoms with Crippen molar-refractivity contribution in [3.63, 3.8) is 0 Å². The number of hydrogen-bond donors (Lipinski definition) is 2. The zero-order valence-corrected chi connectivity index (χ0v) is 13.7. The minimum atomic E-state index is -4.47. The van der Waals surface area contributed by atoms with Gasteiger partial charge in [0.25, 0.3) is 5.91 Å². The molecule has 2 N–H and O–H groups in total. The van der Waals surface area contributed by atoms with Gasteiger partial charge in [-0.1, -0.05) is 6.07 Å². The normalized spacial score (nSPS) is 11.1. The first kappa shape index (κ1) is 19.3. The van der Waals surface area contributed by atoms with Gasteiger partial charge in [0.15, 0.2) is 12.3 Å². The van der Waals surface area contributed by atoms with Crippen molar-refractivity contribution in [3.8, 4) is 5.75 Å². The van der Waals surface area contributed by atoms with E-state index in [1.807, 2.05) is 0 Å². The molecule has 0 saturated heterocycles. The number of nitrogens with one attached hydrogen (secondary N) is 2. The summed E-state index contributed by atoms with van der Waals surface area (Å²) in [4.78, 5) is 26.4. The monoisotopic (exact) mass is 371 g/mol. The van der Waals surface area contributed by atoms with Crippen molar-refractivity contribution in [2.45, 2.75) is 19.7 Å². The summed E-state index contributed by atoms with van der Waals surface area (Å²) in [6, 6.07) is 4.38. The van der Waals surface area contributed by atoms with Crippen molar-refractivity contribution in [2.75, 3.05) is 13.1 Å². The number of carbonyl (C=O) groups is 2. The van der Waals surface area contributed by atoms with E-state index in [1.54, 1.807) is 0 Å². The average molecular weight is 371 g/mol. The average Bonchev–Trinajstić information content (AvgIpc) is 3.05. The van der Waals surface area contributed by atoms with Crippen molar-refractivity contribution >= 4 is 11.8 Å². The van der Waals surface area contributed by atoms with Crippen LogP contribution in [-0.4, -0.2) is 29.9 Å². The topological polar surface area (TPSA) is 93.5 Å². The number of benzene rings is 1. The molecule has 140 valence electrons. The fraction of sp³-hybridized carbons (Fsp3) is 0.312. The quantitative estimate of drug-likeness (QED) is 0.728. The molecule has 1 aromatic heterocycles. The summed E-state index contributed by atoms with van der Waals surface area (Å²) in [5.41, 5.74) is -0.836. The standard InChI is InChI=1S/C16H16F3N3O4/c1-10(23)20-5-6-21-15(24)13-8-26-14(22-13)9-25-12-4-2-3-11(7-12)16(17,18)19/h2-4,7-8H,5-6,9H2,1H3,(H,20,23)(H,21,24). The lowest BCUT2D eigenvalue weighted by Gasteiger charge is -2.09. The minimum Gasteiger partial charge on any atom is -0.484 e. The number of aromatic nitrogens is 1. The van der Waals surface area contributed by atoms with Crippen LogP contribution in [0.15, 0.2) is 34.9 Å². The van der Waals surface area contributed by atoms with Gasteiger partial charge in [0.2, 0.25) is 11.8 Å². The number of ether oxygens (including phenoxy) is 1. The highest BCUT2D eigenvalue weighted by Gasteiger charge is 2.30. The molecule has 10 heteroatoms. The molecule has 0 bridgehead atoms. The molecule has 0 saturated carbocycles. The van der Waals surface area contributed by atoms with Crippen LogP contribution in [0.3, 0.4) is 0 Å². The number of rotatable bonds is 7. The summed E-state index contributed by atoms with van der Waals surface area (Å²) >= 11 is 0. The van der Waals surface area contributed by atoms with Crippen LogP contribution in [0.4, 0.5) is 13.2 Å². The van der Waals surface area contributed by atoms with Crippen LogP contribution in [0.25, 0.3) is 0 Å². The summed E-state index contributed by atoms with van der Waals surface area (Å²) in [6.07, 6.45) is -3.36. The highest BCUT2D eigenvalue weighted by Crippen LogP contribution is 2.31. The summed E-state index contributed by atoms with van der Waals surface area (Å²) in [6.45, 7) is 1.60. The number of alkyl halides is 3. The first-order chi connectivity index (χ1) is 12.3. The third kappa shape index (κ3) is 5.80. The molecular weight excluding hydrogens is 355 g/mol. The third-order valence-corrected chi connectivity index (χ3v) is 3.09. The lowest BCUT2D eigenvalue weighted by molar-refractivity contribution is -0.137. The van der Waals surface area contributed by atoms with E-state index in [-0.39, 0.29) is 42.9 Å². The maximum absolute atomic E-state index is 12.6. The SMILES string of the molecule is CC(=O)NCCNC(=O)c1coc(COc2cccc(C(F)(F)F)c2)n1. The van der Waals surface area contributed by atoms with Crippen molar-refractivity contribution in [1.82, 2.24) is 15.6 Å². The fourth-order valence-electron chi connectivity index (χ4n) is 1.89. The first-order valence-electron chi connectivity index (χ1n) is 7.53.